The summed E-state index contributed by atoms with van der Waals surface area (Å²) in [5, 5.41) is 4.11. The first-order valence-electron chi connectivity index (χ1n) is 9.57. The molecule has 0 radical (unpaired) electrons. The van der Waals surface area contributed by atoms with Crippen LogP contribution in [0.1, 0.15) is 32.6 Å². The lowest BCUT2D eigenvalue weighted by Gasteiger charge is -2.29. The van der Waals surface area contributed by atoms with Crippen molar-refractivity contribution in [2.75, 3.05) is 6.61 Å². The molecule has 140 valence electrons. The molecule has 1 N–H and O–H groups in total. The molecule has 2 aromatic carbocycles. The number of nitrogens with one attached hydrogen (secondary N) is 1. The van der Waals surface area contributed by atoms with E-state index in [2.05, 4.69) is 23.3 Å². The van der Waals surface area contributed by atoms with Crippen LogP contribution in [0.4, 0.5) is 0 Å². The Bertz CT molecular complexity index is 886. The van der Waals surface area contributed by atoms with Gasteiger partial charge in [-0.15, -0.1) is 11.3 Å². The van der Waals surface area contributed by atoms with Gasteiger partial charge in [0.05, 0.1) is 10.2 Å². The molecule has 0 saturated heterocycles. The first-order valence-corrected chi connectivity index (χ1v) is 10.4. The molecule has 1 saturated carbocycles. The predicted octanol–water partition coefficient (Wildman–Crippen LogP) is 5.04. The number of rotatable bonds is 5. The fourth-order valence-electron chi connectivity index (χ4n) is 3.62. The van der Waals surface area contributed by atoms with Gasteiger partial charge in [0.1, 0.15) is 10.8 Å². The molecule has 0 spiro atoms. The lowest BCUT2D eigenvalue weighted by Crippen LogP contribution is -2.43. The first kappa shape index (κ1) is 18.0. The lowest BCUT2D eigenvalue weighted by molar-refractivity contribution is -0.124. The number of benzene rings is 2. The highest BCUT2D eigenvalue weighted by molar-refractivity contribution is 7.21. The molecule has 4 nitrogen and oxygen atoms in total. The number of para-hydroxylation sites is 1. The van der Waals surface area contributed by atoms with E-state index in [-0.39, 0.29) is 18.6 Å². The summed E-state index contributed by atoms with van der Waals surface area (Å²) in [5.41, 5.74) is 2.08. The van der Waals surface area contributed by atoms with Crippen LogP contribution in [-0.2, 0) is 4.79 Å². The largest absolute Gasteiger partial charge is 0.484 e. The maximum atomic E-state index is 12.2. The number of thiazole rings is 1. The van der Waals surface area contributed by atoms with Gasteiger partial charge in [-0.25, -0.2) is 4.98 Å². The van der Waals surface area contributed by atoms with Crippen LogP contribution >= 0.6 is 11.3 Å². The number of amides is 1. The summed E-state index contributed by atoms with van der Waals surface area (Å²) >= 11 is 1.68. The van der Waals surface area contributed by atoms with Crippen LogP contribution in [0.25, 0.3) is 20.8 Å². The van der Waals surface area contributed by atoms with Crippen molar-refractivity contribution >= 4 is 27.5 Å². The van der Waals surface area contributed by atoms with E-state index in [0.29, 0.717) is 11.7 Å². The van der Waals surface area contributed by atoms with Crippen LogP contribution < -0.4 is 10.1 Å². The summed E-state index contributed by atoms with van der Waals surface area (Å²) in [5.74, 6) is 1.21. The number of hydrogen-bond acceptors (Lipinski definition) is 4. The van der Waals surface area contributed by atoms with Crippen molar-refractivity contribution < 1.29 is 9.53 Å². The fraction of sp³-hybridized carbons (Fsp3) is 0.364. The monoisotopic (exact) mass is 380 g/mol. The third-order valence-electron chi connectivity index (χ3n) is 5.22. The summed E-state index contributed by atoms with van der Waals surface area (Å²) in [4.78, 5) is 16.8. The summed E-state index contributed by atoms with van der Waals surface area (Å²) in [7, 11) is 0. The second-order valence-corrected chi connectivity index (χ2v) is 8.27. The first-order chi connectivity index (χ1) is 13.2. The maximum absolute atomic E-state index is 12.2. The number of carbonyl (C=O) groups is 1. The zero-order valence-corrected chi connectivity index (χ0v) is 16.3. The summed E-state index contributed by atoms with van der Waals surface area (Å²) in [6, 6.07) is 16.2. The van der Waals surface area contributed by atoms with Crippen LogP contribution in [0.2, 0.25) is 0 Å². The number of ether oxygens (including phenoxy) is 1. The van der Waals surface area contributed by atoms with Crippen LogP contribution in [0.5, 0.6) is 5.75 Å². The van der Waals surface area contributed by atoms with Gasteiger partial charge in [0, 0.05) is 11.6 Å². The van der Waals surface area contributed by atoms with E-state index in [4.69, 9.17) is 4.74 Å². The summed E-state index contributed by atoms with van der Waals surface area (Å²) < 4.78 is 6.85. The summed E-state index contributed by atoms with van der Waals surface area (Å²) in [6.07, 6.45) is 4.73. The minimum atomic E-state index is -0.0380. The molecule has 1 heterocycles. The Hall–Kier alpha value is -2.40. The minimum absolute atomic E-state index is 0.0380. The van der Waals surface area contributed by atoms with Crippen molar-refractivity contribution in [1.82, 2.24) is 10.3 Å². The van der Waals surface area contributed by atoms with Gasteiger partial charge in [-0.3, -0.25) is 4.79 Å². The van der Waals surface area contributed by atoms with Crippen molar-refractivity contribution in [2.45, 2.75) is 38.6 Å². The molecule has 4 rings (SSSR count). The molecular formula is C22H24N2O2S. The minimum Gasteiger partial charge on any atom is -0.484 e. The van der Waals surface area contributed by atoms with E-state index in [9.17, 15) is 4.79 Å². The maximum Gasteiger partial charge on any atom is 0.258 e. The predicted molar refractivity (Wildman–Crippen MR) is 110 cm³/mol. The number of hydrogen-bond donors (Lipinski definition) is 1. The van der Waals surface area contributed by atoms with Gasteiger partial charge in [0.15, 0.2) is 6.61 Å². The van der Waals surface area contributed by atoms with Crippen LogP contribution in [-0.4, -0.2) is 23.5 Å². The van der Waals surface area contributed by atoms with Gasteiger partial charge in [-0.05, 0) is 55.2 Å². The topological polar surface area (TPSA) is 51.2 Å². The van der Waals surface area contributed by atoms with E-state index in [0.717, 1.165) is 22.5 Å². The Morgan fingerprint density at radius 2 is 1.93 bits per heavy atom. The number of carbonyl (C=O) groups excluding carboxylic acids is 1. The highest BCUT2D eigenvalue weighted by Crippen LogP contribution is 2.31. The molecule has 0 bridgehead atoms. The molecule has 1 fully saturated rings. The Morgan fingerprint density at radius 3 is 2.70 bits per heavy atom. The molecule has 0 aliphatic heterocycles. The van der Waals surface area contributed by atoms with Crippen LogP contribution in [0.15, 0.2) is 48.5 Å². The zero-order chi connectivity index (χ0) is 18.6. The van der Waals surface area contributed by atoms with Gasteiger partial charge in [-0.2, -0.15) is 0 Å². The normalized spacial score (nSPS) is 19.7. The standard InChI is InChI=1S/C22H24N2O2S/c1-15-6-2-3-7-18(15)23-21(25)14-26-17-12-10-16(11-13-17)22-24-19-8-4-5-9-20(19)27-22/h4-5,8-13,15,18H,2-3,6-7,14H2,1H3,(H,23,25)/t15-,18-/m0/s1. The Balaban J connectivity index is 1.34. The molecule has 1 aromatic heterocycles. The average molecular weight is 381 g/mol. The van der Waals surface area contributed by atoms with Crippen molar-refractivity contribution in [2.24, 2.45) is 5.92 Å². The highest BCUT2D eigenvalue weighted by atomic mass is 32.1. The molecular weight excluding hydrogens is 356 g/mol. The second kappa shape index (κ2) is 8.09. The van der Waals surface area contributed by atoms with E-state index >= 15 is 0 Å². The average Bonchev–Trinajstić information content (AvgIpc) is 3.13. The number of fused-ring (bicyclic) bond motifs is 1. The zero-order valence-electron chi connectivity index (χ0n) is 15.5. The van der Waals surface area contributed by atoms with Crippen LogP contribution in [0.3, 0.4) is 0 Å². The quantitative estimate of drug-likeness (QED) is 0.675. The van der Waals surface area contributed by atoms with Crippen molar-refractivity contribution in [3.63, 3.8) is 0 Å². The molecule has 0 unspecified atom stereocenters. The Morgan fingerprint density at radius 1 is 1.15 bits per heavy atom. The molecule has 1 aliphatic carbocycles. The van der Waals surface area contributed by atoms with Crippen LogP contribution in [0, 0.1) is 5.92 Å². The molecule has 27 heavy (non-hydrogen) atoms. The molecule has 2 atom stereocenters. The van der Waals surface area contributed by atoms with E-state index in [1.165, 1.54) is 24.0 Å². The van der Waals surface area contributed by atoms with Gasteiger partial charge < -0.3 is 10.1 Å². The third-order valence-corrected chi connectivity index (χ3v) is 6.31. The third kappa shape index (κ3) is 4.30. The van der Waals surface area contributed by atoms with E-state index < -0.39 is 0 Å². The Labute approximate surface area is 163 Å². The molecule has 1 aliphatic rings. The molecule has 5 heteroatoms. The highest BCUT2D eigenvalue weighted by Gasteiger charge is 2.22. The number of aromatic nitrogens is 1. The molecule has 1 amide bonds. The molecule has 3 aromatic rings. The van der Waals surface area contributed by atoms with Crippen molar-refractivity contribution in [3.05, 3.63) is 48.5 Å². The van der Waals surface area contributed by atoms with Gasteiger partial charge in [-0.1, -0.05) is 31.9 Å². The van der Waals surface area contributed by atoms with Crippen molar-refractivity contribution in [1.29, 1.82) is 0 Å². The van der Waals surface area contributed by atoms with Gasteiger partial charge in [0.25, 0.3) is 5.91 Å². The second-order valence-electron chi connectivity index (χ2n) is 7.24. The lowest BCUT2D eigenvalue weighted by atomic mass is 9.86. The van der Waals surface area contributed by atoms with E-state index in [1.807, 2.05) is 42.5 Å². The van der Waals surface area contributed by atoms with Gasteiger partial charge in [0.2, 0.25) is 0 Å². The van der Waals surface area contributed by atoms with E-state index in [1.54, 1.807) is 11.3 Å². The summed E-state index contributed by atoms with van der Waals surface area (Å²) in [6.45, 7) is 2.27. The SMILES string of the molecule is C[C@H]1CCCC[C@@H]1NC(=O)COc1ccc(-c2nc3ccccc3s2)cc1. The van der Waals surface area contributed by atoms with Gasteiger partial charge >= 0.3 is 0 Å². The number of nitrogens with zero attached hydrogens (tertiary/aromatic N) is 1. The van der Waals surface area contributed by atoms with Crippen molar-refractivity contribution in [3.8, 4) is 16.3 Å². The smallest absolute Gasteiger partial charge is 0.258 e. The Kier molecular flexibility index (Phi) is 5.39. The fourth-order valence-corrected chi connectivity index (χ4v) is 4.59.